The number of alkyl halides is 3. The maximum atomic E-state index is 12.9. The third kappa shape index (κ3) is 4.14. The number of hydrogen-bond donors (Lipinski definition) is 1. The van der Waals surface area contributed by atoms with Gasteiger partial charge >= 0.3 is 6.18 Å². The van der Waals surface area contributed by atoms with Crippen molar-refractivity contribution in [3.05, 3.63) is 28.8 Å². The minimum Gasteiger partial charge on any atom is -0.347 e. The van der Waals surface area contributed by atoms with Gasteiger partial charge in [-0.3, -0.25) is 9.69 Å². The molecule has 2 fully saturated rings. The Labute approximate surface area is 154 Å². The standard InChI is InChI=1S/C17H20ClF3N2O3/c1-11(23-6-4-16(5-7-23)25-8-9-26-16)15(24)22-12-2-3-14(18)13(10-12)17(19,20)21/h2-3,10-11H,4-9H2,1H3,(H,22,24). The van der Waals surface area contributed by atoms with Crippen LogP contribution in [0.25, 0.3) is 0 Å². The molecule has 1 aromatic rings. The van der Waals surface area contributed by atoms with Gasteiger partial charge in [-0.25, -0.2) is 0 Å². The van der Waals surface area contributed by atoms with Crippen molar-refractivity contribution in [2.75, 3.05) is 31.6 Å². The Morgan fingerprint density at radius 1 is 1.27 bits per heavy atom. The molecule has 26 heavy (non-hydrogen) atoms. The molecule has 3 rings (SSSR count). The zero-order valence-corrected chi connectivity index (χ0v) is 15.0. The summed E-state index contributed by atoms with van der Waals surface area (Å²) in [7, 11) is 0. The van der Waals surface area contributed by atoms with E-state index in [1.807, 2.05) is 4.90 Å². The second-order valence-corrected chi connectivity index (χ2v) is 6.91. The molecule has 2 saturated heterocycles. The van der Waals surface area contributed by atoms with Gasteiger partial charge in [-0.05, 0) is 25.1 Å². The van der Waals surface area contributed by atoms with E-state index in [0.29, 0.717) is 39.1 Å². The molecule has 1 atom stereocenters. The summed E-state index contributed by atoms with van der Waals surface area (Å²) in [5, 5.41) is 2.14. The molecule has 2 aliphatic heterocycles. The van der Waals surface area contributed by atoms with Crippen molar-refractivity contribution < 1.29 is 27.4 Å². The number of rotatable bonds is 3. The quantitative estimate of drug-likeness (QED) is 0.855. The molecule has 9 heteroatoms. The molecule has 144 valence electrons. The van der Waals surface area contributed by atoms with Crippen LogP contribution in [0.3, 0.4) is 0 Å². The molecule has 5 nitrogen and oxygen atoms in total. The lowest BCUT2D eigenvalue weighted by atomic mass is 10.0. The van der Waals surface area contributed by atoms with E-state index in [9.17, 15) is 18.0 Å². The Balaban J connectivity index is 1.61. The molecule has 2 aliphatic rings. The van der Waals surface area contributed by atoms with Crippen LogP contribution in [-0.4, -0.2) is 48.9 Å². The monoisotopic (exact) mass is 392 g/mol. The lowest BCUT2D eigenvalue weighted by molar-refractivity contribution is -0.187. The van der Waals surface area contributed by atoms with Crippen molar-refractivity contribution in [2.24, 2.45) is 0 Å². The number of piperidine rings is 1. The van der Waals surface area contributed by atoms with Crippen LogP contribution in [0.1, 0.15) is 25.3 Å². The number of hydrogen-bond acceptors (Lipinski definition) is 4. The summed E-state index contributed by atoms with van der Waals surface area (Å²) >= 11 is 5.60. The number of ether oxygens (including phenoxy) is 2. The van der Waals surface area contributed by atoms with Crippen LogP contribution in [0.2, 0.25) is 5.02 Å². The Kier molecular flexibility index (Phi) is 5.48. The number of carbonyl (C=O) groups is 1. The Morgan fingerprint density at radius 3 is 2.46 bits per heavy atom. The number of nitrogens with one attached hydrogen (secondary N) is 1. The third-order valence-electron chi connectivity index (χ3n) is 4.84. The van der Waals surface area contributed by atoms with Crippen LogP contribution >= 0.6 is 11.6 Å². The van der Waals surface area contributed by atoms with Crippen LogP contribution in [0.15, 0.2) is 18.2 Å². The second-order valence-electron chi connectivity index (χ2n) is 6.50. The van der Waals surface area contributed by atoms with E-state index in [2.05, 4.69) is 5.32 Å². The maximum absolute atomic E-state index is 12.9. The van der Waals surface area contributed by atoms with Crippen molar-refractivity contribution >= 4 is 23.2 Å². The Bertz CT molecular complexity index is 668. The summed E-state index contributed by atoms with van der Waals surface area (Å²) in [6.45, 7) is 4.11. The highest BCUT2D eigenvalue weighted by Gasteiger charge is 2.41. The van der Waals surface area contributed by atoms with Crippen LogP contribution in [0.4, 0.5) is 18.9 Å². The van der Waals surface area contributed by atoms with Crippen LogP contribution in [0.5, 0.6) is 0 Å². The summed E-state index contributed by atoms with van der Waals surface area (Å²) in [5.74, 6) is -0.908. The molecule has 1 spiro atoms. The number of halogens is 4. The average Bonchev–Trinajstić information content (AvgIpc) is 3.03. The van der Waals surface area contributed by atoms with Crippen LogP contribution in [-0.2, 0) is 20.4 Å². The molecule has 2 heterocycles. The summed E-state index contributed by atoms with van der Waals surface area (Å²) in [6.07, 6.45) is -3.26. The first-order valence-electron chi connectivity index (χ1n) is 8.40. The summed E-state index contributed by atoms with van der Waals surface area (Å²) in [5.41, 5.74) is -0.908. The van der Waals surface area contributed by atoms with Crippen molar-refractivity contribution in [1.29, 1.82) is 0 Å². The highest BCUT2D eigenvalue weighted by atomic mass is 35.5. The summed E-state index contributed by atoms with van der Waals surface area (Å²) < 4.78 is 50.1. The van der Waals surface area contributed by atoms with E-state index >= 15 is 0 Å². The van der Waals surface area contributed by atoms with Crippen LogP contribution in [0, 0.1) is 0 Å². The SMILES string of the molecule is CC(C(=O)Nc1ccc(Cl)c(C(F)(F)F)c1)N1CCC2(CC1)OCCO2. The van der Waals surface area contributed by atoms with Crippen LogP contribution < -0.4 is 5.32 Å². The van der Waals surface area contributed by atoms with E-state index in [4.69, 9.17) is 21.1 Å². The summed E-state index contributed by atoms with van der Waals surface area (Å²) in [4.78, 5) is 14.4. The molecular formula is C17H20ClF3N2O3. The number of amides is 1. The van der Waals surface area contributed by atoms with Gasteiger partial charge in [-0.1, -0.05) is 11.6 Å². The first-order chi connectivity index (χ1) is 12.2. The highest BCUT2D eigenvalue weighted by Crippen LogP contribution is 2.36. The molecular weight excluding hydrogens is 373 g/mol. The minimum absolute atomic E-state index is 0.0644. The second kappa shape index (κ2) is 7.34. The molecule has 0 aromatic heterocycles. The molecule has 0 radical (unpaired) electrons. The van der Waals surface area contributed by atoms with E-state index < -0.39 is 28.6 Å². The van der Waals surface area contributed by atoms with Crippen molar-refractivity contribution in [3.8, 4) is 0 Å². The number of benzene rings is 1. The molecule has 0 saturated carbocycles. The van der Waals surface area contributed by atoms with Gasteiger partial charge in [0.2, 0.25) is 5.91 Å². The normalized spacial score (nSPS) is 21.7. The molecule has 1 unspecified atom stereocenters. The number of anilines is 1. The Hall–Kier alpha value is -1.35. The maximum Gasteiger partial charge on any atom is 0.417 e. The van der Waals surface area contributed by atoms with Gasteiger partial charge in [0.05, 0.1) is 29.8 Å². The molecule has 1 N–H and O–H groups in total. The van der Waals surface area contributed by atoms with E-state index in [1.54, 1.807) is 6.92 Å². The van der Waals surface area contributed by atoms with Gasteiger partial charge in [0, 0.05) is 31.6 Å². The lowest BCUT2D eigenvalue weighted by Gasteiger charge is -2.39. The smallest absolute Gasteiger partial charge is 0.347 e. The van der Waals surface area contributed by atoms with Gasteiger partial charge in [0.1, 0.15) is 0 Å². The fourth-order valence-corrected chi connectivity index (χ4v) is 3.50. The first kappa shape index (κ1) is 19.4. The lowest BCUT2D eigenvalue weighted by Crippen LogP contribution is -2.51. The van der Waals surface area contributed by atoms with Gasteiger partial charge < -0.3 is 14.8 Å². The minimum atomic E-state index is -4.58. The predicted octanol–water partition coefficient (Wildman–Crippen LogP) is 3.52. The number of carbonyl (C=O) groups excluding carboxylic acids is 1. The van der Waals surface area contributed by atoms with Gasteiger partial charge in [-0.2, -0.15) is 13.2 Å². The molecule has 0 bridgehead atoms. The van der Waals surface area contributed by atoms with Gasteiger partial charge in [-0.15, -0.1) is 0 Å². The van der Waals surface area contributed by atoms with Gasteiger partial charge in [0.15, 0.2) is 5.79 Å². The zero-order chi connectivity index (χ0) is 18.9. The van der Waals surface area contributed by atoms with Crippen molar-refractivity contribution in [2.45, 2.75) is 37.8 Å². The fourth-order valence-electron chi connectivity index (χ4n) is 3.27. The van der Waals surface area contributed by atoms with Gasteiger partial charge in [0.25, 0.3) is 0 Å². The van der Waals surface area contributed by atoms with Crippen molar-refractivity contribution in [3.63, 3.8) is 0 Å². The van der Waals surface area contributed by atoms with E-state index in [-0.39, 0.29) is 11.6 Å². The van der Waals surface area contributed by atoms with E-state index in [0.717, 1.165) is 12.1 Å². The zero-order valence-electron chi connectivity index (χ0n) is 14.2. The van der Waals surface area contributed by atoms with E-state index in [1.165, 1.54) is 6.07 Å². The third-order valence-corrected chi connectivity index (χ3v) is 5.17. The Morgan fingerprint density at radius 2 is 1.88 bits per heavy atom. The average molecular weight is 393 g/mol. The number of likely N-dealkylation sites (tertiary alicyclic amines) is 1. The summed E-state index contributed by atoms with van der Waals surface area (Å²) in [6, 6.07) is 2.84. The topological polar surface area (TPSA) is 50.8 Å². The first-order valence-corrected chi connectivity index (χ1v) is 8.78. The molecule has 1 aromatic carbocycles. The predicted molar refractivity (Wildman–Crippen MR) is 90.0 cm³/mol. The molecule has 0 aliphatic carbocycles. The largest absolute Gasteiger partial charge is 0.417 e. The highest BCUT2D eigenvalue weighted by molar-refractivity contribution is 6.31. The fraction of sp³-hybridized carbons (Fsp3) is 0.588. The number of nitrogens with zero attached hydrogens (tertiary/aromatic N) is 1. The molecule has 1 amide bonds. The van der Waals surface area contributed by atoms with Crippen molar-refractivity contribution in [1.82, 2.24) is 4.90 Å².